The van der Waals surface area contributed by atoms with Crippen LogP contribution >= 0.6 is 11.3 Å². The van der Waals surface area contributed by atoms with Gasteiger partial charge in [-0.2, -0.15) is 10.5 Å². The van der Waals surface area contributed by atoms with Crippen molar-refractivity contribution in [3.05, 3.63) is 68.1 Å². The van der Waals surface area contributed by atoms with Crippen LogP contribution in [0.3, 0.4) is 0 Å². The molecule has 1 N–H and O–H groups in total. The second-order valence-corrected chi connectivity index (χ2v) is 9.96. The molecule has 0 spiro atoms. The van der Waals surface area contributed by atoms with Gasteiger partial charge in [0.05, 0.1) is 22.2 Å². The van der Waals surface area contributed by atoms with Gasteiger partial charge in [-0.3, -0.25) is 0 Å². The van der Waals surface area contributed by atoms with E-state index in [0.717, 1.165) is 57.8 Å². The highest BCUT2D eigenvalue weighted by molar-refractivity contribution is 7.15. The number of fused-ring (bicyclic) bond motifs is 2. The molecule has 1 aliphatic carbocycles. The summed E-state index contributed by atoms with van der Waals surface area (Å²) >= 11 is 1.74. The number of aryl methyl sites for hydroxylation is 4. The Morgan fingerprint density at radius 2 is 1.85 bits per heavy atom. The first-order valence-corrected chi connectivity index (χ1v) is 12.1. The molecule has 0 fully saturated rings. The lowest BCUT2D eigenvalue weighted by Crippen LogP contribution is -2.02. The highest BCUT2D eigenvalue weighted by Gasteiger charge is 2.24. The molecule has 3 aromatic heterocycles. The molecular formula is C27H25N5S. The lowest BCUT2D eigenvalue weighted by atomic mass is 9.96. The van der Waals surface area contributed by atoms with Crippen molar-refractivity contribution < 1.29 is 0 Å². The zero-order chi connectivity index (χ0) is 23.3. The van der Waals surface area contributed by atoms with Gasteiger partial charge in [-0.05, 0) is 99.9 Å². The quantitative estimate of drug-likeness (QED) is 0.363. The number of imidazole rings is 1. The maximum absolute atomic E-state index is 9.93. The van der Waals surface area contributed by atoms with Crippen LogP contribution in [0.5, 0.6) is 0 Å². The standard InChI is InChI=1S/C27H25N5S/c1-15-9-23-24(10-16(15)2)31-26(30-23)20(13-28)12-19-11-17(3)32(18(19)4)27-22(14-29)21-7-5-6-8-25(21)33-27/h9-12H,5-8H2,1-4H3,(H,30,31)/b20-12-. The summed E-state index contributed by atoms with van der Waals surface area (Å²) in [5, 5.41) is 20.9. The zero-order valence-corrected chi connectivity index (χ0v) is 20.2. The predicted octanol–water partition coefficient (Wildman–Crippen LogP) is 6.46. The summed E-state index contributed by atoms with van der Waals surface area (Å²) in [6, 6.07) is 11.0. The molecule has 0 amide bonds. The number of nitrogens with zero attached hydrogens (tertiary/aromatic N) is 4. The van der Waals surface area contributed by atoms with Gasteiger partial charge in [0.15, 0.2) is 0 Å². The van der Waals surface area contributed by atoms with Crippen LogP contribution in [0, 0.1) is 50.4 Å². The van der Waals surface area contributed by atoms with Gasteiger partial charge >= 0.3 is 0 Å². The molecule has 0 bridgehead atoms. The van der Waals surface area contributed by atoms with Crippen LogP contribution in [0.25, 0.3) is 27.7 Å². The van der Waals surface area contributed by atoms with E-state index < -0.39 is 0 Å². The second kappa shape index (κ2) is 8.06. The van der Waals surface area contributed by atoms with Crippen molar-refractivity contribution in [2.75, 3.05) is 0 Å². The Hall–Kier alpha value is -3.61. The minimum atomic E-state index is 0.493. The molecule has 164 valence electrons. The molecule has 3 heterocycles. The Labute approximate surface area is 197 Å². The highest BCUT2D eigenvalue weighted by atomic mass is 32.1. The number of H-pyrrole nitrogens is 1. The molecule has 1 aromatic carbocycles. The van der Waals surface area contributed by atoms with Gasteiger partial charge in [-0.1, -0.05) is 0 Å². The molecule has 5 nitrogen and oxygen atoms in total. The van der Waals surface area contributed by atoms with Gasteiger partial charge in [0.2, 0.25) is 0 Å². The fourth-order valence-electron chi connectivity index (χ4n) is 4.78. The third-order valence-corrected chi connectivity index (χ3v) is 7.99. The zero-order valence-electron chi connectivity index (χ0n) is 19.3. The molecule has 0 atom stereocenters. The number of hydrogen-bond donors (Lipinski definition) is 1. The van der Waals surface area contributed by atoms with Crippen LogP contribution < -0.4 is 0 Å². The topological polar surface area (TPSA) is 81.2 Å². The average Bonchev–Trinajstić information content (AvgIpc) is 3.45. The lowest BCUT2D eigenvalue weighted by Gasteiger charge is -2.10. The van der Waals surface area contributed by atoms with Crippen LogP contribution in [0.15, 0.2) is 18.2 Å². The van der Waals surface area contributed by atoms with Crippen LogP contribution in [0.1, 0.15) is 62.7 Å². The summed E-state index contributed by atoms with van der Waals surface area (Å²) in [6.45, 7) is 8.25. The molecule has 5 rings (SSSR count). The number of benzene rings is 1. The van der Waals surface area contributed by atoms with Crippen molar-refractivity contribution in [2.45, 2.75) is 53.4 Å². The number of allylic oxidation sites excluding steroid dienone is 1. The van der Waals surface area contributed by atoms with E-state index >= 15 is 0 Å². The number of thiophene rings is 1. The van der Waals surface area contributed by atoms with E-state index in [1.54, 1.807) is 11.3 Å². The number of nitrogens with one attached hydrogen (secondary N) is 1. The lowest BCUT2D eigenvalue weighted by molar-refractivity contribution is 0.695. The van der Waals surface area contributed by atoms with Gasteiger partial charge in [-0.15, -0.1) is 11.3 Å². The van der Waals surface area contributed by atoms with E-state index in [-0.39, 0.29) is 0 Å². The summed E-state index contributed by atoms with van der Waals surface area (Å²) < 4.78 is 2.17. The van der Waals surface area contributed by atoms with Crippen molar-refractivity contribution in [1.29, 1.82) is 10.5 Å². The van der Waals surface area contributed by atoms with Crippen molar-refractivity contribution in [2.24, 2.45) is 0 Å². The van der Waals surface area contributed by atoms with Crippen LogP contribution in [-0.2, 0) is 12.8 Å². The maximum Gasteiger partial charge on any atom is 0.149 e. The monoisotopic (exact) mass is 451 g/mol. The van der Waals surface area contributed by atoms with E-state index in [2.05, 4.69) is 66.5 Å². The van der Waals surface area contributed by atoms with Crippen LogP contribution in [0.2, 0.25) is 0 Å². The molecular weight excluding hydrogens is 426 g/mol. The molecule has 33 heavy (non-hydrogen) atoms. The van der Waals surface area contributed by atoms with E-state index in [1.165, 1.54) is 28.0 Å². The minimum Gasteiger partial charge on any atom is -0.337 e. The van der Waals surface area contributed by atoms with Gasteiger partial charge in [0, 0.05) is 16.3 Å². The summed E-state index contributed by atoms with van der Waals surface area (Å²) in [5.74, 6) is 0.576. The van der Waals surface area contributed by atoms with E-state index in [4.69, 9.17) is 0 Å². The number of hydrogen-bond acceptors (Lipinski definition) is 4. The second-order valence-electron chi connectivity index (χ2n) is 8.87. The molecule has 0 aliphatic heterocycles. The Balaban J connectivity index is 1.61. The first-order chi connectivity index (χ1) is 15.9. The Bertz CT molecular complexity index is 1490. The Morgan fingerprint density at radius 1 is 1.09 bits per heavy atom. The van der Waals surface area contributed by atoms with Gasteiger partial charge < -0.3 is 9.55 Å². The van der Waals surface area contributed by atoms with Crippen LogP contribution in [0.4, 0.5) is 0 Å². The normalized spacial score (nSPS) is 13.7. The highest BCUT2D eigenvalue weighted by Crippen LogP contribution is 2.38. The van der Waals surface area contributed by atoms with Crippen molar-refractivity contribution >= 4 is 34.0 Å². The molecule has 6 heteroatoms. The van der Waals surface area contributed by atoms with E-state index in [9.17, 15) is 10.5 Å². The molecule has 0 radical (unpaired) electrons. The number of aromatic amines is 1. The van der Waals surface area contributed by atoms with Gasteiger partial charge in [0.25, 0.3) is 0 Å². The summed E-state index contributed by atoms with van der Waals surface area (Å²) in [4.78, 5) is 9.34. The Kier molecular flexibility index (Phi) is 5.19. The smallest absolute Gasteiger partial charge is 0.149 e. The molecule has 0 saturated carbocycles. The molecule has 4 aromatic rings. The van der Waals surface area contributed by atoms with Crippen molar-refractivity contribution in [1.82, 2.24) is 14.5 Å². The third-order valence-electron chi connectivity index (χ3n) is 6.71. The summed E-state index contributed by atoms with van der Waals surface area (Å²) in [6.07, 6.45) is 6.29. The fraction of sp³-hybridized carbons (Fsp3) is 0.296. The Morgan fingerprint density at radius 3 is 2.61 bits per heavy atom. The van der Waals surface area contributed by atoms with E-state index in [1.807, 2.05) is 12.1 Å². The number of nitriles is 2. The molecule has 0 saturated heterocycles. The van der Waals surface area contributed by atoms with Gasteiger partial charge in [0.1, 0.15) is 23.0 Å². The summed E-state index contributed by atoms with van der Waals surface area (Å²) in [7, 11) is 0. The average molecular weight is 452 g/mol. The van der Waals surface area contributed by atoms with Crippen molar-refractivity contribution in [3.63, 3.8) is 0 Å². The number of aromatic nitrogens is 3. The maximum atomic E-state index is 9.93. The SMILES string of the molecule is Cc1cc2nc(/C(C#N)=C\c3cc(C)n(-c4sc5c(c4C#N)CCCC5)c3C)[nH]c2cc1C. The third kappa shape index (κ3) is 3.48. The first-order valence-electron chi connectivity index (χ1n) is 11.2. The van der Waals surface area contributed by atoms with E-state index in [0.29, 0.717) is 11.4 Å². The van der Waals surface area contributed by atoms with Gasteiger partial charge in [-0.25, -0.2) is 4.98 Å². The first kappa shape index (κ1) is 21.2. The molecule has 1 aliphatic rings. The molecule has 0 unspecified atom stereocenters. The van der Waals surface area contributed by atoms with Crippen LogP contribution in [-0.4, -0.2) is 14.5 Å². The predicted molar refractivity (Wildman–Crippen MR) is 134 cm³/mol. The summed E-state index contributed by atoms with van der Waals surface area (Å²) in [5.41, 5.74) is 9.76. The fourth-order valence-corrected chi connectivity index (χ4v) is 6.23. The minimum absolute atomic E-state index is 0.493. The van der Waals surface area contributed by atoms with Crippen molar-refractivity contribution in [3.8, 4) is 17.1 Å². The largest absolute Gasteiger partial charge is 0.337 e. The number of rotatable bonds is 3.